The van der Waals surface area contributed by atoms with E-state index < -0.39 is 0 Å². The maximum absolute atomic E-state index is 5.69. The minimum Gasteiger partial charge on any atom is -0.381 e. The number of rotatable bonds is 7. The van der Waals surface area contributed by atoms with E-state index in [1.54, 1.807) is 0 Å². The van der Waals surface area contributed by atoms with Crippen LogP contribution in [0.1, 0.15) is 40.5 Å². The highest BCUT2D eigenvalue weighted by Crippen LogP contribution is 2.16. The highest BCUT2D eigenvalue weighted by atomic mass is 16.5. The van der Waals surface area contributed by atoms with Crippen LogP contribution in [-0.2, 0) is 9.47 Å². The van der Waals surface area contributed by atoms with Crippen LogP contribution in [0.3, 0.4) is 0 Å². The Hall–Kier alpha value is -0.120. The molecule has 1 heterocycles. The highest BCUT2D eigenvalue weighted by Gasteiger charge is 2.23. The molecule has 0 spiro atoms. The van der Waals surface area contributed by atoms with E-state index in [9.17, 15) is 0 Å². The van der Waals surface area contributed by atoms with Crippen molar-refractivity contribution in [3.8, 4) is 0 Å². The molecule has 1 rings (SSSR count). The Morgan fingerprint density at radius 3 is 2.35 bits per heavy atom. The van der Waals surface area contributed by atoms with Gasteiger partial charge in [-0.1, -0.05) is 13.8 Å². The molecule has 0 atom stereocenters. The van der Waals surface area contributed by atoms with Crippen molar-refractivity contribution < 1.29 is 9.47 Å². The molecule has 0 aromatic rings. The summed E-state index contributed by atoms with van der Waals surface area (Å²) >= 11 is 0. The summed E-state index contributed by atoms with van der Waals surface area (Å²) in [7, 11) is 0. The molecule has 0 aromatic carbocycles. The quantitative estimate of drug-likeness (QED) is 0.641. The van der Waals surface area contributed by atoms with Gasteiger partial charge in [-0.2, -0.15) is 0 Å². The largest absolute Gasteiger partial charge is 0.381 e. The molecule has 0 amide bonds. The van der Waals surface area contributed by atoms with Gasteiger partial charge in [0.05, 0.1) is 6.61 Å². The van der Waals surface area contributed by atoms with Crippen molar-refractivity contribution in [3.05, 3.63) is 0 Å². The monoisotopic (exact) mass is 243 g/mol. The van der Waals surface area contributed by atoms with Gasteiger partial charge in [0.25, 0.3) is 0 Å². The summed E-state index contributed by atoms with van der Waals surface area (Å²) in [6, 6.07) is 1.28. The van der Waals surface area contributed by atoms with Crippen LogP contribution in [0.15, 0.2) is 0 Å². The van der Waals surface area contributed by atoms with Crippen LogP contribution >= 0.6 is 0 Å². The average molecular weight is 243 g/mol. The van der Waals surface area contributed by atoms with E-state index in [1.165, 1.54) is 12.8 Å². The Labute approximate surface area is 106 Å². The molecule has 1 aliphatic rings. The molecule has 1 saturated heterocycles. The molecule has 0 N–H and O–H groups in total. The molecule has 3 nitrogen and oxygen atoms in total. The van der Waals surface area contributed by atoms with Crippen LogP contribution in [0.2, 0.25) is 0 Å². The third kappa shape index (κ3) is 5.84. The Kier molecular flexibility index (Phi) is 7.09. The topological polar surface area (TPSA) is 21.7 Å². The third-order valence-electron chi connectivity index (χ3n) is 3.27. The molecular weight excluding hydrogens is 214 g/mol. The summed E-state index contributed by atoms with van der Waals surface area (Å²) in [4.78, 5) is 2.57. The van der Waals surface area contributed by atoms with Gasteiger partial charge in [0.15, 0.2) is 0 Å². The summed E-state index contributed by atoms with van der Waals surface area (Å²) < 4.78 is 11.1. The standard InChI is InChI=1S/C14H29NO2/c1-12(2)11-17-10-7-15(13(3)4)14-5-8-16-9-6-14/h12-14H,5-11H2,1-4H3. The first-order valence-electron chi connectivity index (χ1n) is 7.02. The molecule has 102 valence electrons. The molecule has 3 heteroatoms. The molecule has 1 fully saturated rings. The first-order valence-corrected chi connectivity index (χ1v) is 7.02. The second-order valence-corrected chi connectivity index (χ2v) is 5.64. The van der Waals surface area contributed by atoms with Crippen molar-refractivity contribution in [2.24, 2.45) is 5.92 Å². The summed E-state index contributed by atoms with van der Waals surface area (Å²) in [5, 5.41) is 0. The van der Waals surface area contributed by atoms with Gasteiger partial charge in [-0.05, 0) is 32.6 Å². The summed E-state index contributed by atoms with van der Waals surface area (Å²) in [6.45, 7) is 13.6. The highest BCUT2D eigenvalue weighted by molar-refractivity contribution is 4.77. The number of nitrogens with zero attached hydrogens (tertiary/aromatic N) is 1. The van der Waals surface area contributed by atoms with Crippen LogP contribution in [0, 0.1) is 5.92 Å². The molecule has 0 radical (unpaired) electrons. The van der Waals surface area contributed by atoms with Gasteiger partial charge in [0, 0.05) is 38.4 Å². The Morgan fingerprint density at radius 2 is 1.82 bits per heavy atom. The van der Waals surface area contributed by atoms with Gasteiger partial charge in [-0.15, -0.1) is 0 Å². The molecule has 1 aliphatic heterocycles. The van der Waals surface area contributed by atoms with E-state index >= 15 is 0 Å². The summed E-state index contributed by atoms with van der Waals surface area (Å²) in [6.07, 6.45) is 2.34. The normalized spacial score (nSPS) is 18.5. The molecule has 0 aliphatic carbocycles. The van der Waals surface area contributed by atoms with Gasteiger partial charge in [0.1, 0.15) is 0 Å². The zero-order valence-corrected chi connectivity index (χ0v) is 11.9. The third-order valence-corrected chi connectivity index (χ3v) is 3.27. The Balaban J connectivity index is 2.27. The fourth-order valence-electron chi connectivity index (χ4n) is 2.37. The number of hydrogen-bond donors (Lipinski definition) is 0. The fraction of sp³-hybridized carbons (Fsp3) is 1.00. The van der Waals surface area contributed by atoms with Crippen LogP contribution in [0.5, 0.6) is 0 Å². The van der Waals surface area contributed by atoms with Crippen molar-refractivity contribution in [2.75, 3.05) is 33.0 Å². The van der Waals surface area contributed by atoms with Crippen molar-refractivity contribution >= 4 is 0 Å². The molecule has 17 heavy (non-hydrogen) atoms. The van der Waals surface area contributed by atoms with Crippen molar-refractivity contribution in [1.82, 2.24) is 4.90 Å². The van der Waals surface area contributed by atoms with Gasteiger partial charge in [-0.3, -0.25) is 4.90 Å². The second-order valence-electron chi connectivity index (χ2n) is 5.64. The molecule has 0 aromatic heterocycles. The van der Waals surface area contributed by atoms with Gasteiger partial charge >= 0.3 is 0 Å². The van der Waals surface area contributed by atoms with Crippen LogP contribution in [0.4, 0.5) is 0 Å². The average Bonchev–Trinajstić information content (AvgIpc) is 2.29. The first kappa shape index (κ1) is 14.9. The molecule has 0 unspecified atom stereocenters. The van der Waals surface area contributed by atoms with E-state index in [-0.39, 0.29) is 0 Å². The van der Waals surface area contributed by atoms with E-state index in [2.05, 4.69) is 32.6 Å². The lowest BCUT2D eigenvalue weighted by Crippen LogP contribution is -2.45. The fourth-order valence-corrected chi connectivity index (χ4v) is 2.37. The predicted octanol–water partition coefficient (Wildman–Crippen LogP) is 2.55. The molecular formula is C14H29NO2. The van der Waals surface area contributed by atoms with E-state index in [0.29, 0.717) is 18.0 Å². The lowest BCUT2D eigenvalue weighted by atomic mass is 10.1. The maximum Gasteiger partial charge on any atom is 0.0593 e. The number of hydrogen-bond acceptors (Lipinski definition) is 3. The van der Waals surface area contributed by atoms with Crippen molar-refractivity contribution in [1.29, 1.82) is 0 Å². The zero-order valence-electron chi connectivity index (χ0n) is 11.9. The summed E-state index contributed by atoms with van der Waals surface area (Å²) in [5.74, 6) is 0.630. The molecule has 0 bridgehead atoms. The minimum atomic E-state index is 0.598. The zero-order chi connectivity index (χ0) is 12.7. The minimum absolute atomic E-state index is 0.598. The van der Waals surface area contributed by atoms with E-state index in [1.807, 2.05) is 0 Å². The number of ether oxygens (including phenoxy) is 2. The van der Waals surface area contributed by atoms with Crippen molar-refractivity contribution in [3.63, 3.8) is 0 Å². The van der Waals surface area contributed by atoms with Gasteiger partial charge < -0.3 is 9.47 Å². The first-order chi connectivity index (χ1) is 8.11. The lowest BCUT2D eigenvalue weighted by molar-refractivity contribution is 0.00475. The van der Waals surface area contributed by atoms with Crippen LogP contribution in [-0.4, -0.2) is 50.0 Å². The van der Waals surface area contributed by atoms with E-state index in [4.69, 9.17) is 9.47 Å². The van der Waals surface area contributed by atoms with Gasteiger partial charge in [0.2, 0.25) is 0 Å². The molecule has 0 saturated carbocycles. The summed E-state index contributed by atoms with van der Waals surface area (Å²) in [5.41, 5.74) is 0. The Morgan fingerprint density at radius 1 is 1.18 bits per heavy atom. The maximum atomic E-state index is 5.69. The van der Waals surface area contributed by atoms with E-state index in [0.717, 1.165) is 33.0 Å². The van der Waals surface area contributed by atoms with Crippen LogP contribution in [0.25, 0.3) is 0 Å². The second kappa shape index (κ2) is 8.06. The SMILES string of the molecule is CC(C)COCCN(C(C)C)C1CCOCC1. The predicted molar refractivity (Wildman–Crippen MR) is 71.3 cm³/mol. The lowest BCUT2D eigenvalue weighted by Gasteiger charge is -2.37. The Bertz CT molecular complexity index is 189. The van der Waals surface area contributed by atoms with Crippen LogP contribution < -0.4 is 0 Å². The van der Waals surface area contributed by atoms with Crippen molar-refractivity contribution in [2.45, 2.75) is 52.6 Å². The van der Waals surface area contributed by atoms with Gasteiger partial charge in [-0.25, -0.2) is 0 Å². The smallest absolute Gasteiger partial charge is 0.0593 e.